The van der Waals surface area contributed by atoms with E-state index in [0.29, 0.717) is 6.61 Å². The van der Waals surface area contributed by atoms with E-state index in [0.717, 1.165) is 17.9 Å². The number of rotatable bonds is 10. The van der Waals surface area contributed by atoms with Gasteiger partial charge in [0.05, 0.1) is 20.1 Å². The van der Waals surface area contributed by atoms with Crippen molar-refractivity contribution in [3.63, 3.8) is 0 Å². The van der Waals surface area contributed by atoms with E-state index in [9.17, 15) is 9.59 Å². The fourth-order valence-electron chi connectivity index (χ4n) is 2.02. The van der Waals surface area contributed by atoms with E-state index in [1.54, 1.807) is 0 Å². The highest BCUT2D eigenvalue weighted by molar-refractivity contribution is 7.80. The molecule has 0 atom stereocenters. The van der Waals surface area contributed by atoms with Gasteiger partial charge in [0.15, 0.2) is 5.11 Å². The Bertz CT molecular complexity index is 561. The Balaban J connectivity index is 2.30. The van der Waals surface area contributed by atoms with Gasteiger partial charge in [0.2, 0.25) is 5.91 Å². The number of hydrogen-bond acceptors (Lipinski definition) is 5. The molecule has 0 saturated heterocycles. The fraction of sp³-hybridized carbons (Fsp3) is 0.500. The maximum absolute atomic E-state index is 11.6. The summed E-state index contributed by atoms with van der Waals surface area (Å²) in [4.78, 5) is 22.6. The van der Waals surface area contributed by atoms with E-state index >= 15 is 0 Å². The molecule has 0 bridgehead atoms. The lowest BCUT2D eigenvalue weighted by molar-refractivity contribution is -0.142. The topological polar surface area (TPSA) is 76.7 Å². The summed E-state index contributed by atoms with van der Waals surface area (Å²) < 4.78 is 10.1. The van der Waals surface area contributed by atoms with Gasteiger partial charge in [-0.1, -0.05) is 26.2 Å². The summed E-state index contributed by atoms with van der Waals surface area (Å²) in [7, 11) is 1.28. The predicted molar refractivity (Wildman–Crippen MR) is 102 cm³/mol. The number of anilines is 1. The van der Waals surface area contributed by atoms with E-state index in [1.165, 1.54) is 26.4 Å². The van der Waals surface area contributed by atoms with Gasteiger partial charge in [-0.05, 0) is 42.9 Å². The summed E-state index contributed by atoms with van der Waals surface area (Å²) in [5.74, 6) is 0.0318. The van der Waals surface area contributed by atoms with Gasteiger partial charge in [0, 0.05) is 12.1 Å². The van der Waals surface area contributed by atoms with Gasteiger partial charge in [-0.2, -0.15) is 0 Å². The molecule has 138 valence electrons. The van der Waals surface area contributed by atoms with Crippen LogP contribution in [0.15, 0.2) is 24.3 Å². The zero-order valence-corrected chi connectivity index (χ0v) is 15.6. The van der Waals surface area contributed by atoms with Crippen LogP contribution in [0.4, 0.5) is 5.69 Å². The number of nitrogens with one attached hydrogen (secondary N) is 2. The molecule has 0 aliphatic rings. The van der Waals surface area contributed by atoms with Crippen molar-refractivity contribution >= 4 is 34.9 Å². The van der Waals surface area contributed by atoms with Crippen molar-refractivity contribution < 1.29 is 19.1 Å². The average molecular weight is 366 g/mol. The molecular weight excluding hydrogens is 340 g/mol. The summed E-state index contributed by atoms with van der Waals surface area (Å²) in [6.45, 7) is 2.89. The molecule has 25 heavy (non-hydrogen) atoms. The Hall–Kier alpha value is -2.15. The lowest BCUT2D eigenvalue weighted by Gasteiger charge is -2.10. The maximum Gasteiger partial charge on any atom is 0.306 e. The number of ether oxygens (including phenoxy) is 2. The average Bonchev–Trinajstić information content (AvgIpc) is 2.60. The summed E-state index contributed by atoms with van der Waals surface area (Å²) in [5.41, 5.74) is 0.747. The third-order valence-corrected chi connectivity index (χ3v) is 3.62. The van der Waals surface area contributed by atoms with Crippen LogP contribution in [0.2, 0.25) is 0 Å². The third kappa shape index (κ3) is 9.66. The van der Waals surface area contributed by atoms with E-state index < -0.39 is 5.97 Å². The number of hydrogen-bond donors (Lipinski definition) is 2. The molecule has 0 heterocycles. The first-order chi connectivity index (χ1) is 12.0. The van der Waals surface area contributed by atoms with E-state index in [-0.39, 0.29) is 23.9 Å². The monoisotopic (exact) mass is 366 g/mol. The van der Waals surface area contributed by atoms with Crippen LogP contribution in [0.5, 0.6) is 5.75 Å². The molecule has 2 N–H and O–H groups in total. The Labute approximate surface area is 154 Å². The Morgan fingerprint density at radius 2 is 1.80 bits per heavy atom. The number of thiocarbonyl (C=S) groups is 1. The van der Waals surface area contributed by atoms with Crippen molar-refractivity contribution in [2.75, 3.05) is 19.0 Å². The molecule has 0 fully saturated rings. The molecule has 0 aromatic heterocycles. The zero-order chi connectivity index (χ0) is 18.5. The fourth-order valence-corrected chi connectivity index (χ4v) is 2.25. The van der Waals surface area contributed by atoms with Crippen molar-refractivity contribution in [2.45, 2.75) is 45.4 Å². The van der Waals surface area contributed by atoms with Crippen LogP contribution in [0.25, 0.3) is 0 Å². The Kier molecular flexibility index (Phi) is 10.2. The minimum Gasteiger partial charge on any atom is -0.494 e. The van der Waals surface area contributed by atoms with Gasteiger partial charge in [0.1, 0.15) is 5.75 Å². The molecule has 6 nitrogen and oxygen atoms in total. The number of amides is 1. The van der Waals surface area contributed by atoms with Crippen LogP contribution < -0.4 is 15.4 Å². The van der Waals surface area contributed by atoms with E-state index in [1.807, 2.05) is 24.3 Å². The standard InChI is InChI=1S/C18H26N2O4S/c1-3-4-5-6-13-24-15-9-7-14(8-10-15)19-18(25)20-16(21)11-12-17(22)23-2/h7-10H,3-6,11-13H2,1-2H3,(H2,19,20,21,25). The first-order valence-corrected chi connectivity index (χ1v) is 8.86. The number of esters is 1. The minimum absolute atomic E-state index is 0.0231. The molecule has 0 saturated carbocycles. The minimum atomic E-state index is -0.431. The largest absolute Gasteiger partial charge is 0.494 e. The summed E-state index contributed by atoms with van der Waals surface area (Å²) >= 11 is 5.07. The van der Waals surface area contributed by atoms with Gasteiger partial charge < -0.3 is 20.1 Å². The van der Waals surface area contributed by atoms with E-state index in [2.05, 4.69) is 22.3 Å². The van der Waals surface area contributed by atoms with Gasteiger partial charge >= 0.3 is 5.97 Å². The smallest absolute Gasteiger partial charge is 0.306 e. The van der Waals surface area contributed by atoms with Gasteiger partial charge in [0.25, 0.3) is 0 Å². The second-order valence-corrected chi connectivity index (χ2v) is 5.92. The van der Waals surface area contributed by atoms with Crippen LogP contribution >= 0.6 is 12.2 Å². The highest BCUT2D eigenvalue weighted by atomic mass is 32.1. The second kappa shape index (κ2) is 12.2. The summed E-state index contributed by atoms with van der Waals surface area (Å²) in [6, 6.07) is 7.36. The number of methoxy groups -OCH3 is 1. The highest BCUT2D eigenvalue weighted by Crippen LogP contribution is 2.16. The molecule has 1 amide bonds. The summed E-state index contributed by atoms with van der Waals surface area (Å²) in [6.07, 6.45) is 4.72. The SMILES string of the molecule is CCCCCCOc1ccc(NC(=S)NC(=O)CCC(=O)OC)cc1. The van der Waals surface area contributed by atoms with Crippen molar-refractivity contribution in [2.24, 2.45) is 0 Å². The highest BCUT2D eigenvalue weighted by Gasteiger charge is 2.08. The molecule has 1 aromatic carbocycles. The molecule has 1 rings (SSSR count). The molecule has 7 heteroatoms. The third-order valence-electron chi connectivity index (χ3n) is 3.42. The van der Waals surface area contributed by atoms with Crippen LogP contribution in [0.1, 0.15) is 45.4 Å². The molecule has 1 aromatic rings. The first-order valence-electron chi connectivity index (χ1n) is 8.45. The second-order valence-electron chi connectivity index (χ2n) is 5.51. The zero-order valence-electron chi connectivity index (χ0n) is 14.8. The van der Waals surface area contributed by atoms with Crippen molar-refractivity contribution in [3.05, 3.63) is 24.3 Å². The number of benzene rings is 1. The normalized spacial score (nSPS) is 10.0. The molecule has 0 radical (unpaired) electrons. The number of carbonyl (C=O) groups excluding carboxylic acids is 2. The van der Waals surface area contributed by atoms with E-state index in [4.69, 9.17) is 17.0 Å². The number of unbranched alkanes of at least 4 members (excludes halogenated alkanes) is 3. The quantitative estimate of drug-likeness (QED) is 0.375. The van der Waals surface area contributed by atoms with Gasteiger partial charge in [-0.15, -0.1) is 0 Å². The number of carbonyl (C=O) groups is 2. The Morgan fingerprint density at radius 1 is 1.08 bits per heavy atom. The molecule has 0 aliphatic heterocycles. The van der Waals surface area contributed by atoms with Crippen LogP contribution in [-0.4, -0.2) is 30.7 Å². The summed E-state index contributed by atoms with van der Waals surface area (Å²) in [5, 5.41) is 5.62. The van der Waals surface area contributed by atoms with Gasteiger partial charge in [-0.25, -0.2) is 0 Å². The van der Waals surface area contributed by atoms with Crippen LogP contribution in [0, 0.1) is 0 Å². The molecule has 0 unspecified atom stereocenters. The first kappa shape index (κ1) is 20.9. The predicted octanol–water partition coefficient (Wildman–Crippen LogP) is 3.41. The van der Waals surface area contributed by atoms with Crippen molar-refractivity contribution in [3.8, 4) is 5.75 Å². The molecule has 0 spiro atoms. The van der Waals surface area contributed by atoms with Gasteiger partial charge in [-0.3, -0.25) is 9.59 Å². The lowest BCUT2D eigenvalue weighted by atomic mass is 10.2. The molecular formula is C18H26N2O4S. The maximum atomic E-state index is 11.6. The van der Waals surface area contributed by atoms with Crippen molar-refractivity contribution in [1.29, 1.82) is 0 Å². The van der Waals surface area contributed by atoms with Crippen LogP contribution in [0.3, 0.4) is 0 Å². The Morgan fingerprint density at radius 3 is 2.44 bits per heavy atom. The lowest BCUT2D eigenvalue weighted by Crippen LogP contribution is -2.34. The van der Waals surface area contributed by atoms with Crippen molar-refractivity contribution in [1.82, 2.24) is 5.32 Å². The van der Waals surface area contributed by atoms with Crippen LogP contribution in [-0.2, 0) is 14.3 Å². The molecule has 0 aliphatic carbocycles.